The van der Waals surface area contributed by atoms with Crippen LogP contribution >= 0.6 is 23.4 Å². The second-order valence-corrected chi connectivity index (χ2v) is 8.41. The number of rotatable bonds is 7. The Morgan fingerprint density at radius 2 is 1.52 bits per heavy atom. The molecule has 2 N–H and O–H groups in total. The van der Waals surface area contributed by atoms with Gasteiger partial charge < -0.3 is 0 Å². The van der Waals surface area contributed by atoms with Crippen LogP contribution in [0.5, 0.6) is 0 Å². The maximum Gasteiger partial charge on any atom is 0.269 e. The van der Waals surface area contributed by atoms with Crippen molar-refractivity contribution in [3.8, 4) is 5.69 Å². The van der Waals surface area contributed by atoms with Gasteiger partial charge in [0.15, 0.2) is 5.16 Å². The molecule has 0 aliphatic heterocycles. The highest BCUT2D eigenvalue weighted by atomic mass is 35.5. The summed E-state index contributed by atoms with van der Waals surface area (Å²) in [5, 5.41) is 9.85. The van der Waals surface area contributed by atoms with Gasteiger partial charge >= 0.3 is 0 Å². The molecule has 0 bridgehead atoms. The molecule has 9 heteroatoms. The highest BCUT2D eigenvalue weighted by Gasteiger charge is 2.17. The summed E-state index contributed by atoms with van der Waals surface area (Å²) in [5.74, 6) is 0.0401. The molecule has 4 aromatic rings. The zero-order valence-corrected chi connectivity index (χ0v) is 19.0. The Labute approximate surface area is 200 Å². The minimum atomic E-state index is -0.386. The molecule has 1 aromatic heterocycles. The second-order valence-electron chi connectivity index (χ2n) is 7.03. The van der Waals surface area contributed by atoms with E-state index >= 15 is 0 Å². The number of carbonyl (C=O) groups excluding carboxylic acids is 2. The van der Waals surface area contributed by atoms with Crippen molar-refractivity contribution >= 4 is 35.2 Å². The first-order chi connectivity index (χ1) is 16.1. The van der Waals surface area contributed by atoms with Crippen LogP contribution in [0, 0.1) is 0 Å². The number of carbonyl (C=O) groups is 2. The Morgan fingerprint density at radius 3 is 2.21 bits per heavy atom. The van der Waals surface area contributed by atoms with Gasteiger partial charge in [0.1, 0.15) is 5.82 Å². The Balaban J connectivity index is 1.46. The molecule has 3 aromatic carbocycles. The van der Waals surface area contributed by atoms with Crippen molar-refractivity contribution in [3.63, 3.8) is 0 Å². The van der Waals surface area contributed by atoms with Gasteiger partial charge in [0.05, 0.1) is 5.75 Å². The molecule has 2 amide bonds. The van der Waals surface area contributed by atoms with Crippen molar-refractivity contribution < 1.29 is 9.59 Å². The molecular formula is C24H20ClN5O2S. The molecule has 4 rings (SSSR count). The lowest BCUT2D eigenvalue weighted by Gasteiger charge is -2.11. The third-order valence-electron chi connectivity index (χ3n) is 4.67. The molecule has 0 radical (unpaired) electrons. The molecule has 7 nitrogen and oxygen atoms in total. The molecule has 0 saturated heterocycles. The van der Waals surface area contributed by atoms with Gasteiger partial charge in [-0.2, -0.15) is 0 Å². The summed E-state index contributed by atoms with van der Waals surface area (Å²) >= 11 is 7.28. The Bertz CT molecular complexity index is 1230. The number of thioether (sulfide) groups is 1. The Kier molecular flexibility index (Phi) is 7.39. The van der Waals surface area contributed by atoms with Crippen LogP contribution in [-0.2, 0) is 11.2 Å². The highest BCUT2D eigenvalue weighted by Crippen LogP contribution is 2.24. The van der Waals surface area contributed by atoms with Crippen LogP contribution in [0.1, 0.15) is 21.7 Å². The number of amides is 2. The predicted molar refractivity (Wildman–Crippen MR) is 128 cm³/mol. The molecule has 0 atom stereocenters. The molecule has 0 unspecified atom stereocenters. The van der Waals surface area contributed by atoms with Crippen molar-refractivity contribution in [1.29, 1.82) is 0 Å². The number of benzene rings is 3. The van der Waals surface area contributed by atoms with E-state index in [4.69, 9.17) is 11.6 Å². The fourth-order valence-electron chi connectivity index (χ4n) is 3.09. The first kappa shape index (κ1) is 22.6. The Morgan fingerprint density at radius 1 is 0.848 bits per heavy atom. The first-order valence-corrected chi connectivity index (χ1v) is 11.5. The summed E-state index contributed by atoms with van der Waals surface area (Å²) in [6.45, 7) is 0. The van der Waals surface area contributed by atoms with Crippen LogP contribution in [0.2, 0.25) is 5.02 Å². The van der Waals surface area contributed by atoms with E-state index in [0.29, 0.717) is 22.2 Å². The minimum absolute atomic E-state index is 0.0477. The summed E-state index contributed by atoms with van der Waals surface area (Å²) in [6, 6.07) is 26.0. The average molecular weight is 478 g/mol. The number of nitrogens with one attached hydrogen (secondary N) is 2. The van der Waals surface area contributed by atoms with Gasteiger partial charge in [-0.15, -0.1) is 10.2 Å². The number of hydrogen-bond acceptors (Lipinski definition) is 5. The highest BCUT2D eigenvalue weighted by molar-refractivity contribution is 7.99. The lowest BCUT2D eigenvalue weighted by atomic mass is 10.1. The summed E-state index contributed by atoms with van der Waals surface area (Å²) in [4.78, 5) is 24.4. The zero-order chi connectivity index (χ0) is 23.0. The SMILES string of the molecule is O=C(CSc1nnc(Cc2ccccc2)n1-c1ccc(Cl)cc1)NNC(=O)c1ccccc1. The maximum atomic E-state index is 12.3. The van der Waals surface area contributed by atoms with E-state index in [1.54, 1.807) is 36.4 Å². The molecule has 0 saturated carbocycles. The summed E-state index contributed by atoms with van der Waals surface area (Å²) < 4.78 is 1.91. The molecule has 0 spiro atoms. The second kappa shape index (κ2) is 10.8. The summed E-state index contributed by atoms with van der Waals surface area (Å²) in [7, 11) is 0. The van der Waals surface area contributed by atoms with Gasteiger partial charge in [-0.3, -0.25) is 25.0 Å². The molecule has 33 heavy (non-hydrogen) atoms. The standard InChI is InChI=1S/C24H20ClN5O2S/c25-19-11-13-20(14-12-19)30-21(15-17-7-3-1-4-8-17)26-29-24(30)33-16-22(31)27-28-23(32)18-9-5-2-6-10-18/h1-14H,15-16H2,(H,27,31)(H,28,32). The number of hydrogen-bond donors (Lipinski definition) is 2. The van der Waals surface area contributed by atoms with Crippen LogP contribution in [0.15, 0.2) is 90.1 Å². The van der Waals surface area contributed by atoms with Crippen molar-refractivity contribution in [1.82, 2.24) is 25.6 Å². The maximum absolute atomic E-state index is 12.3. The molecule has 1 heterocycles. The number of hydrazine groups is 1. The van der Waals surface area contributed by atoms with Gasteiger partial charge in [-0.25, -0.2) is 0 Å². The van der Waals surface area contributed by atoms with E-state index in [1.165, 1.54) is 11.8 Å². The fraction of sp³-hybridized carbons (Fsp3) is 0.0833. The van der Waals surface area contributed by atoms with Gasteiger partial charge in [-0.1, -0.05) is 71.9 Å². The van der Waals surface area contributed by atoms with Crippen LogP contribution in [0.4, 0.5) is 0 Å². The monoisotopic (exact) mass is 477 g/mol. The van der Waals surface area contributed by atoms with Crippen LogP contribution < -0.4 is 10.9 Å². The predicted octanol–water partition coefficient (Wildman–Crippen LogP) is 4.06. The van der Waals surface area contributed by atoms with Crippen molar-refractivity contribution in [2.75, 3.05) is 5.75 Å². The van der Waals surface area contributed by atoms with Crippen molar-refractivity contribution in [2.45, 2.75) is 11.6 Å². The van der Waals surface area contributed by atoms with E-state index in [-0.39, 0.29) is 17.6 Å². The summed E-state index contributed by atoms with van der Waals surface area (Å²) in [6.07, 6.45) is 0.580. The van der Waals surface area contributed by atoms with Crippen molar-refractivity contribution in [3.05, 3.63) is 107 Å². The third kappa shape index (κ3) is 6.00. The van der Waals surface area contributed by atoms with Crippen molar-refractivity contribution in [2.24, 2.45) is 0 Å². The average Bonchev–Trinajstić information content (AvgIpc) is 3.25. The quantitative estimate of drug-likeness (QED) is 0.309. The van der Waals surface area contributed by atoms with Gasteiger partial charge in [0, 0.05) is 22.7 Å². The lowest BCUT2D eigenvalue weighted by Crippen LogP contribution is -2.42. The molecule has 0 aliphatic rings. The Hall–Kier alpha value is -3.62. The van der Waals surface area contributed by atoms with E-state index < -0.39 is 0 Å². The molecular weight excluding hydrogens is 458 g/mol. The van der Waals surface area contributed by atoms with E-state index in [2.05, 4.69) is 21.0 Å². The number of nitrogens with zero attached hydrogens (tertiary/aromatic N) is 3. The molecule has 0 fully saturated rings. The number of halogens is 1. The van der Waals surface area contributed by atoms with Crippen LogP contribution in [0.25, 0.3) is 5.69 Å². The lowest BCUT2D eigenvalue weighted by molar-refractivity contribution is -0.119. The summed E-state index contributed by atoms with van der Waals surface area (Å²) in [5.41, 5.74) is 7.24. The third-order valence-corrected chi connectivity index (χ3v) is 5.85. The van der Waals surface area contributed by atoms with E-state index in [1.807, 2.05) is 53.1 Å². The van der Waals surface area contributed by atoms with Gasteiger partial charge in [0.2, 0.25) is 5.91 Å². The van der Waals surface area contributed by atoms with Crippen LogP contribution in [0.3, 0.4) is 0 Å². The minimum Gasteiger partial charge on any atom is -0.274 e. The molecule has 166 valence electrons. The van der Waals surface area contributed by atoms with Crippen LogP contribution in [-0.4, -0.2) is 32.3 Å². The normalized spacial score (nSPS) is 10.6. The topological polar surface area (TPSA) is 88.9 Å². The fourth-order valence-corrected chi connectivity index (χ4v) is 3.99. The van der Waals surface area contributed by atoms with E-state index in [9.17, 15) is 9.59 Å². The van der Waals surface area contributed by atoms with Gasteiger partial charge in [0.25, 0.3) is 5.91 Å². The van der Waals surface area contributed by atoms with Gasteiger partial charge in [-0.05, 0) is 42.0 Å². The first-order valence-electron chi connectivity index (χ1n) is 10.1. The smallest absolute Gasteiger partial charge is 0.269 e. The molecule has 0 aliphatic carbocycles. The van der Waals surface area contributed by atoms with E-state index in [0.717, 1.165) is 17.1 Å². The number of aromatic nitrogens is 3. The zero-order valence-electron chi connectivity index (χ0n) is 17.4. The largest absolute Gasteiger partial charge is 0.274 e.